The molecule has 0 bridgehead atoms. The van der Waals surface area contributed by atoms with Crippen LogP contribution >= 0.6 is 0 Å². The fraction of sp³-hybridized carbons (Fsp3) is 0.100. The first-order valence-corrected chi connectivity index (χ1v) is 7.59. The summed E-state index contributed by atoms with van der Waals surface area (Å²) in [5.41, 5.74) is 0.872. The van der Waals surface area contributed by atoms with Crippen LogP contribution in [0.25, 0.3) is 17.0 Å². The van der Waals surface area contributed by atoms with Gasteiger partial charge in [0.15, 0.2) is 5.78 Å². The van der Waals surface area contributed by atoms with Crippen LogP contribution in [0.3, 0.4) is 0 Å². The predicted molar refractivity (Wildman–Crippen MR) is 95.4 cm³/mol. The van der Waals surface area contributed by atoms with Gasteiger partial charge >= 0.3 is 5.63 Å². The van der Waals surface area contributed by atoms with Gasteiger partial charge in [-0.05, 0) is 35.9 Å². The summed E-state index contributed by atoms with van der Waals surface area (Å²) < 4.78 is 15.4. The van der Waals surface area contributed by atoms with E-state index in [0.29, 0.717) is 22.3 Å². The first kappa shape index (κ1) is 16.5. The zero-order valence-electron chi connectivity index (χ0n) is 13.8. The first-order valence-electron chi connectivity index (χ1n) is 7.59. The Morgan fingerprint density at radius 1 is 0.960 bits per heavy atom. The molecule has 0 radical (unpaired) electrons. The molecule has 0 aliphatic heterocycles. The normalized spacial score (nSPS) is 11.0. The Hall–Kier alpha value is -3.34. The van der Waals surface area contributed by atoms with Crippen LogP contribution in [-0.2, 0) is 0 Å². The number of ether oxygens (including phenoxy) is 2. The number of carbonyl (C=O) groups is 1. The summed E-state index contributed by atoms with van der Waals surface area (Å²) >= 11 is 0. The minimum Gasteiger partial charge on any atom is -0.497 e. The molecule has 5 heteroatoms. The molecule has 0 N–H and O–H groups in total. The Morgan fingerprint density at radius 3 is 2.32 bits per heavy atom. The van der Waals surface area contributed by atoms with E-state index < -0.39 is 5.63 Å². The first-order chi connectivity index (χ1) is 12.1. The van der Waals surface area contributed by atoms with E-state index in [1.165, 1.54) is 19.3 Å². The molecule has 0 atom stereocenters. The summed E-state index contributed by atoms with van der Waals surface area (Å²) in [5, 5.41) is 0.560. The molecule has 2 aromatic carbocycles. The molecule has 1 heterocycles. The van der Waals surface area contributed by atoms with Crippen LogP contribution in [-0.4, -0.2) is 20.0 Å². The quantitative estimate of drug-likeness (QED) is 0.404. The topological polar surface area (TPSA) is 65.7 Å². The highest BCUT2D eigenvalue weighted by Gasteiger charge is 2.11. The molecule has 0 saturated carbocycles. The smallest absolute Gasteiger partial charge is 0.336 e. The van der Waals surface area contributed by atoms with Crippen molar-refractivity contribution in [3.63, 3.8) is 0 Å². The van der Waals surface area contributed by atoms with E-state index in [-0.39, 0.29) is 5.78 Å². The number of fused-ring (bicyclic) bond motifs is 1. The van der Waals surface area contributed by atoms with Crippen molar-refractivity contribution in [1.82, 2.24) is 0 Å². The van der Waals surface area contributed by atoms with Crippen LogP contribution in [0.1, 0.15) is 15.9 Å². The van der Waals surface area contributed by atoms with Crippen LogP contribution in [0.15, 0.2) is 63.8 Å². The number of allylic oxidation sites excluding steroid dienone is 1. The van der Waals surface area contributed by atoms with Gasteiger partial charge < -0.3 is 13.9 Å². The van der Waals surface area contributed by atoms with E-state index in [1.54, 1.807) is 31.4 Å². The van der Waals surface area contributed by atoms with Crippen LogP contribution < -0.4 is 15.1 Å². The molecule has 0 fully saturated rings. The summed E-state index contributed by atoms with van der Waals surface area (Å²) in [5.74, 6) is 1.01. The number of rotatable bonds is 5. The summed E-state index contributed by atoms with van der Waals surface area (Å²) in [6, 6.07) is 13.5. The third-order valence-corrected chi connectivity index (χ3v) is 3.76. The number of methoxy groups -OCH3 is 2. The van der Waals surface area contributed by atoms with Crippen molar-refractivity contribution in [3.8, 4) is 11.5 Å². The number of carbonyl (C=O) groups excluding carboxylic acids is 1. The van der Waals surface area contributed by atoms with Crippen LogP contribution in [0.4, 0.5) is 0 Å². The van der Waals surface area contributed by atoms with E-state index in [0.717, 1.165) is 11.3 Å². The van der Waals surface area contributed by atoms with E-state index in [1.807, 2.05) is 24.3 Å². The maximum atomic E-state index is 12.5. The zero-order chi connectivity index (χ0) is 17.8. The van der Waals surface area contributed by atoms with Gasteiger partial charge in [-0.2, -0.15) is 0 Å². The molecular formula is C20H16O5. The van der Waals surface area contributed by atoms with Gasteiger partial charge in [0, 0.05) is 23.1 Å². The molecule has 3 rings (SSSR count). The fourth-order valence-corrected chi connectivity index (χ4v) is 2.45. The van der Waals surface area contributed by atoms with Gasteiger partial charge in [-0.3, -0.25) is 4.79 Å². The van der Waals surface area contributed by atoms with Gasteiger partial charge in [0.1, 0.15) is 17.1 Å². The third-order valence-electron chi connectivity index (χ3n) is 3.76. The highest BCUT2D eigenvalue weighted by Crippen LogP contribution is 2.23. The SMILES string of the molecule is COc1ccc(/C=C/C(=O)c2cc(=O)oc3cc(OC)ccc23)cc1. The van der Waals surface area contributed by atoms with Gasteiger partial charge in [0.05, 0.1) is 14.2 Å². The van der Waals surface area contributed by atoms with Crippen molar-refractivity contribution in [1.29, 1.82) is 0 Å². The van der Waals surface area contributed by atoms with Crippen molar-refractivity contribution in [2.24, 2.45) is 0 Å². The van der Waals surface area contributed by atoms with Crippen LogP contribution in [0.2, 0.25) is 0 Å². The minimum atomic E-state index is -0.582. The van der Waals surface area contributed by atoms with Gasteiger partial charge in [0.25, 0.3) is 0 Å². The molecular weight excluding hydrogens is 320 g/mol. The lowest BCUT2D eigenvalue weighted by Crippen LogP contribution is -2.05. The monoisotopic (exact) mass is 336 g/mol. The lowest BCUT2D eigenvalue weighted by Gasteiger charge is -2.04. The third kappa shape index (κ3) is 3.61. The second-order valence-corrected chi connectivity index (χ2v) is 5.31. The second-order valence-electron chi connectivity index (χ2n) is 5.31. The second kappa shape index (κ2) is 7.05. The minimum absolute atomic E-state index is 0.279. The average molecular weight is 336 g/mol. The molecule has 0 unspecified atom stereocenters. The molecule has 126 valence electrons. The van der Waals surface area contributed by atoms with E-state index in [9.17, 15) is 9.59 Å². The highest BCUT2D eigenvalue weighted by molar-refractivity contribution is 6.14. The van der Waals surface area contributed by atoms with Gasteiger partial charge in [-0.1, -0.05) is 18.2 Å². The molecule has 1 aromatic heterocycles. The van der Waals surface area contributed by atoms with Crippen molar-refractivity contribution >= 4 is 22.8 Å². The molecule has 3 aromatic rings. The summed E-state index contributed by atoms with van der Waals surface area (Å²) in [6.45, 7) is 0. The standard InChI is InChI=1S/C20H16O5/c1-23-14-6-3-13(4-7-14)5-10-18(21)17-12-20(22)25-19-11-15(24-2)8-9-16(17)19/h3-12H,1-2H3/b10-5+. The zero-order valence-corrected chi connectivity index (χ0v) is 13.8. The summed E-state index contributed by atoms with van der Waals surface area (Å²) in [4.78, 5) is 24.3. The Labute approximate surface area is 144 Å². The Balaban J connectivity index is 1.95. The summed E-state index contributed by atoms with van der Waals surface area (Å²) in [6.07, 6.45) is 3.12. The Kier molecular flexibility index (Phi) is 4.66. The maximum absolute atomic E-state index is 12.5. The van der Waals surface area contributed by atoms with E-state index in [4.69, 9.17) is 13.9 Å². The fourth-order valence-electron chi connectivity index (χ4n) is 2.45. The molecule has 0 amide bonds. The number of hydrogen-bond acceptors (Lipinski definition) is 5. The maximum Gasteiger partial charge on any atom is 0.336 e. The van der Waals surface area contributed by atoms with Crippen molar-refractivity contribution in [3.05, 3.63) is 76.2 Å². The molecule has 0 saturated heterocycles. The number of ketones is 1. The molecule has 25 heavy (non-hydrogen) atoms. The highest BCUT2D eigenvalue weighted by atomic mass is 16.5. The Bertz CT molecular complexity index is 997. The molecule has 0 spiro atoms. The molecule has 0 aliphatic rings. The average Bonchev–Trinajstić information content (AvgIpc) is 2.65. The lowest BCUT2D eigenvalue weighted by molar-refractivity contribution is 0.104. The van der Waals surface area contributed by atoms with Crippen LogP contribution in [0, 0.1) is 0 Å². The van der Waals surface area contributed by atoms with Gasteiger partial charge in [-0.25, -0.2) is 4.79 Å². The molecule has 0 aliphatic carbocycles. The van der Waals surface area contributed by atoms with Crippen LogP contribution in [0.5, 0.6) is 11.5 Å². The molecule has 5 nitrogen and oxygen atoms in total. The van der Waals surface area contributed by atoms with Crippen molar-refractivity contribution < 1.29 is 18.7 Å². The Morgan fingerprint density at radius 2 is 1.64 bits per heavy atom. The largest absolute Gasteiger partial charge is 0.497 e. The lowest BCUT2D eigenvalue weighted by atomic mass is 10.0. The predicted octanol–water partition coefficient (Wildman–Crippen LogP) is 3.71. The van der Waals surface area contributed by atoms with E-state index in [2.05, 4.69) is 0 Å². The van der Waals surface area contributed by atoms with Crippen molar-refractivity contribution in [2.45, 2.75) is 0 Å². The number of hydrogen-bond donors (Lipinski definition) is 0. The van der Waals surface area contributed by atoms with Gasteiger partial charge in [0.2, 0.25) is 0 Å². The number of benzene rings is 2. The summed E-state index contributed by atoms with van der Waals surface area (Å²) in [7, 11) is 3.11. The van der Waals surface area contributed by atoms with Gasteiger partial charge in [-0.15, -0.1) is 0 Å². The van der Waals surface area contributed by atoms with E-state index >= 15 is 0 Å². The van der Waals surface area contributed by atoms with Crippen molar-refractivity contribution in [2.75, 3.05) is 14.2 Å².